The van der Waals surface area contributed by atoms with Gasteiger partial charge in [-0.05, 0) is 25.3 Å². The van der Waals surface area contributed by atoms with Crippen LogP contribution in [0.4, 0.5) is 5.69 Å². The highest BCUT2D eigenvalue weighted by Gasteiger charge is 2.17. The monoisotopic (exact) mass is 237 g/mol. The third-order valence-electron chi connectivity index (χ3n) is 2.63. The van der Waals surface area contributed by atoms with Crippen LogP contribution in [0.2, 0.25) is 0 Å². The number of hydrogen-bond donors (Lipinski definition) is 1. The van der Waals surface area contributed by atoms with E-state index in [-0.39, 0.29) is 5.69 Å². The summed E-state index contributed by atoms with van der Waals surface area (Å²) in [6, 6.07) is 5.00. The third-order valence-corrected chi connectivity index (χ3v) is 2.63. The van der Waals surface area contributed by atoms with Crippen LogP contribution in [-0.2, 0) is 6.42 Å². The lowest BCUT2D eigenvalue weighted by Gasteiger charge is -2.13. The molecule has 0 saturated heterocycles. The van der Waals surface area contributed by atoms with Crippen LogP contribution in [0, 0.1) is 23.0 Å². The largest absolute Gasteiger partial charge is 0.393 e. The zero-order valence-electron chi connectivity index (χ0n) is 10.5. The molecule has 94 valence electrons. The molecule has 0 amide bonds. The minimum absolute atomic E-state index is 0.0957. The van der Waals surface area contributed by atoms with Crippen molar-refractivity contribution < 1.29 is 10.0 Å². The molecule has 1 rings (SSSR count). The smallest absolute Gasteiger partial charge is 0.272 e. The number of nitrogens with zero attached hydrogens (tertiary/aromatic N) is 1. The van der Waals surface area contributed by atoms with Crippen LogP contribution < -0.4 is 0 Å². The lowest BCUT2D eigenvalue weighted by molar-refractivity contribution is -0.385. The van der Waals surface area contributed by atoms with Gasteiger partial charge in [-0.15, -0.1) is 0 Å². The number of nitro benzene ring substituents is 1. The molecule has 4 nitrogen and oxygen atoms in total. The molecule has 0 heterocycles. The van der Waals surface area contributed by atoms with Gasteiger partial charge in [0.25, 0.3) is 5.69 Å². The zero-order chi connectivity index (χ0) is 13.0. The van der Waals surface area contributed by atoms with Gasteiger partial charge in [-0.2, -0.15) is 0 Å². The SMILES string of the molecule is Cc1ccc([N+](=O)[O-])c(CC(O)CC(C)C)c1. The Labute approximate surface area is 101 Å². The summed E-state index contributed by atoms with van der Waals surface area (Å²) in [6.45, 7) is 5.93. The maximum Gasteiger partial charge on any atom is 0.272 e. The van der Waals surface area contributed by atoms with E-state index >= 15 is 0 Å². The Morgan fingerprint density at radius 1 is 1.41 bits per heavy atom. The molecule has 0 aromatic heterocycles. The molecule has 1 aromatic carbocycles. The molecular weight excluding hydrogens is 218 g/mol. The fourth-order valence-corrected chi connectivity index (χ4v) is 1.94. The number of benzene rings is 1. The number of hydrogen-bond acceptors (Lipinski definition) is 3. The fourth-order valence-electron chi connectivity index (χ4n) is 1.94. The van der Waals surface area contributed by atoms with E-state index in [1.165, 1.54) is 6.07 Å². The summed E-state index contributed by atoms with van der Waals surface area (Å²) >= 11 is 0. The van der Waals surface area contributed by atoms with Crippen LogP contribution in [0.3, 0.4) is 0 Å². The van der Waals surface area contributed by atoms with Gasteiger partial charge in [-0.25, -0.2) is 0 Å². The van der Waals surface area contributed by atoms with Gasteiger partial charge in [0.2, 0.25) is 0 Å². The van der Waals surface area contributed by atoms with Gasteiger partial charge in [-0.1, -0.05) is 25.5 Å². The van der Waals surface area contributed by atoms with Crippen LogP contribution in [0.15, 0.2) is 18.2 Å². The minimum Gasteiger partial charge on any atom is -0.393 e. The highest BCUT2D eigenvalue weighted by Crippen LogP contribution is 2.22. The highest BCUT2D eigenvalue weighted by atomic mass is 16.6. The van der Waals surface area contributed by atoms with Gasteiger partial charge >= 0.3 is 0 Å². The van der Waals surface area contributed by atoms with E-state index in [0.29, 0.717) is 24.3 Å². The molecule has 17 heavy (non-hydrogen) atoms. The van der Waals surface area contributed by atoms with E-state index in [1.54, 1.807) is 12.1 Å². The summed E-state index contributed by atoms with van der Waals surface area (Å²) in [5.41, 5.74) is 1.68. The van der Waals surface area contributed by atoms with Crippen molar-refractivity contribution in [3.63, 3.8) is 0 Å². The number of nitro groups is 1. The molecular formula is C13H19NO3. The van der Waals surface area contributed by atoms with Gasteiger partial charge in [0.05, 0.1) is 11.0 Å². The number of aryl methyl sites for hydroxylation is 1. The molecule has 4 heteroatoms. The molecule has 1 unspecified atom stereocenters. The first-order valence-corrected chi connectivity index (χ1v) is 5.82. The quantitative estimate of drug-likeness (QED) is 0.632. The standard InChI is InChI=1S/C13H19NO3/c1-9(2)6-12(15)8-11-7-10(3)4-5-13(11)14(16)17/h4-5,7,9,12,15H,6,8H2,1-3H3. The van der Waals surface area contributed by atoms with E-state index in [4.69, 9.17) is 0 Å². The molecule has 0 saturated carbocycles. The molecule has 0 fully saturated rings. The summed E-state index contributed by atoms with van der Waals surface area (Å²) in [4.78, 5) is 10.5. The van der Waals surface area contributed by atoms with Crippen LogP contribution >= 0.6 is 0 Å². The molecule has 0 aliphatic carbocycles. The van der Waals surface area contributed by atoms with Crippen molar-refractivity contribution in [1.29, 1.82) is 0 Å². The minimum atomic E-state index is -0.518. The topological polar surface area (TPSA) is 63.4 Å². The van der Waals surface area contributed by atoms with Crippen LogP contribution in [0.25, 0.3) is 0 Å². The summed E-state index contributed by atoms with van der Waals surface area (Å²) in [5.74, 6) is 0.383. The van der Waals surface area contributed by atoms with Crippen molar-refractivity contribution in [3.8, 4) is 0 Å². The molecule has 0 spiro atoms. The normalized spacial score (nSPS) is 12.8. The summed E-state index contributed by atoms with van der Waals surface area (Å²) < 4.78 is 0. The van der Waals surface area contributed by atoms with Crippen LogP contribution in [0.1, 0.15) is 31.4 Å². The summed E-state index contributed by atoms with van der Waals surface area (Å²) in [7, 11) is 0. The van der Waals surface area contributed by atoms with Crippen molar-refractivity contribution in [2.45, 2.75) is 39.7 Å². The lowest BCUT2D eigenvalue weighted by Crippen LogP contribution is -2.14. The Hall–Kier alpha value is -1.42. The van der Waals surface area contributed by atoms with E-state index in [0.717, 1.165) is 5.56 Å². The van der Waals surface area contributed by atoms with Crippen LogP contribution in [-0.4, -0.2) is 16.1 Å². The van der Waals surface area contributed by atoms with Crippen molar-refractivity contribution in [2.75, 3.05) is 0 Å². The molecule has 0 aliphatic heterocycles. The molecule has 0 bridgehead atoms. The molecule has 1 aromatic rings. The zero-order valence-corrected chi connectivity index (χ0v) is 10.5. The predicted molar refractivity (Wildman–Crippen MR) is 67.0 cm³/mol. The van der Waals surface area contributed by atoms with E-state index in [9.17, 15) is 15.2 Å². The first kappa shape index (κ1) is 13.6. The van der Waals surface area contributed by atoms with Crippen molar-refractivity contribution in [1.82, 2.24) is 0 Å². The van der Waals surface area contributed by atoms with Crippen LogP contribution in [0.5, 0.6) is 0 Å². The van der Waals surface area contributed by atoms with E-state index in [1.807, 2.05) is 20.8 Å². The predicted octanol–water partition coefficient (Wildman–Crippen LogP) is 2.85. The number of aliphatic hydroxyl groups is 1. The number of aliphatic hydroxyl groups excluding tert-OH is 1. The Kier molecular flexibility index (Phi) is 4.63. The van der Waals surface area contributed by atoms with Crippen molar-refractivity contribution >= 4 is 5.69 Å². The highest BCUT2D eigenvalue weighted by molar-refractivity contribution is 5.42. The Bertz CT molecular complexity index is 402. The van der Waals surface area contributed by atoms with Gasteiger partial charge in [0.1, 0.15) is 0 Å². The molecule has 0 radical (unpaired) electrons. The van der Waals surface area contributed by atoms with Gasteiger partial charge in [0.15, 0.2) is 0 Å². The molecule has 1 atom stereocenters. The third kappa shape index (κ3) is 4.15. The van der Waals surface area contributed by atoms with Gasteiger partial charge in [0, 0.05) is 18.1 Å². The van der Waals surface area contributed by atoms with Gasteiger partial charge < -0.3 is 5.11 Å². The molecule has 0 aliphatic rings. The second-order valence-electron chi connectivity index (χ2n) is 4.88. The molecule has 1 N–H and O–H groups in total. The fraction of sp³-hybridized carbons (Fsp3) is 0.538. The Balaban J connectivity index is 2.88. The average Bonchev–Trinajstić information content (AvgIpc) is 2.15. The van der Waals surface area contributed by atoms with Crippen molar-refractivity contribution in [3.05, 3.63) is 39.4 Å². The first-order chi connectivity index (χ1) is 7.90. The maximum atomic E-state index is 10.9. The first-order valence-electron chi connectivity index (χ1n) is 5.82. The van der Waals surface area contributed by atoms with Gasteiger partial charge in [-0.3, -0.25) is 10.1 Å². The Morgan fingerprint density at radius 2 is 2.06 bits per heavy atom. The maximum absolute atomic E-state index is 10.9. The number of rotatable bonds is 5. The second-order valence-corrected chi connectivity index (χ2v) is 4.88. The second kappa shape index (κ2) is 5.77. The average molecular weight is 237 g/mol. The van der Waals surface area contributed by atoms with Crippen molar-refractivity contribution in [2.24, 2.45) is 5.92 Å². The summed E-state index contributed by atoms with van der Waals surface area (Å²) in [5, 5.41) is 20.7. The van der Waals surface area contributed by atoms with E-state index in [2.05, 4.69) is 0 Å². The van der Waals surface area contributed by atoms with E-state index < -0.39 is 11.0 Å². The Morgan fingerprint density at radius 3 is 2.59 bits per heavy atom. The summed E-state index contributed by atoms with van der Waals surface area (Å²) in [6.07, 6.45) is 0.483. The lowest BCUT2D eigenvalue weighted by atomic mass is 9.98.